The maximum atomic E-state index is 12.6. The fourth-order valence-corrected chi connectivity index (χ4v) is 1.28. The number of nitrogens with zero attached hydrogens (tertiary/aromatic N) is 1. The van der Waals surface area contributed by atoms with Gasteiger partial charge in [0.25, 0.3) is 5.91 Å². The summed E-state index contributed by atoms with van der Waals surface area (Å²) in [6.07, 6.45) is -4.60. The molecule has 0 unspecified atom stereocenters. The molecule has 0 aromatic carbocycles. The zero-order valence-corrected chi connectivity index (χ0v) is 10.5. The summed E-state index contributed by atoms with van der Waals surface area (Å²) in [7, 11) is 0. The van der Waals surface area contributed by atoms with Crippen molar-refractivity contribution < 1.29 is 18.0 Å². The molecule has 1 amide bonds. The Labute approximate surface area is 108 Å². The smallest absolute Gasteiger partial charge is 0.365 e. The first-order valence-corrected chi connectivity index (χ1v) is 5.43. The molecule has 0 fully saturated rings. The number of nitrogens with two attached hydrogens (primary N) is 2. The van der Waals surface area contributed by atoms with Gasteiger partial charge in [-0.3, -0.25) is 4.79 Å². The highest BCUT2D eigenvalue weighted by atomic mass is 19.4. The lowest BCUT2D eigenvalue weighted by Gasteiger charge is -2.26. The minimum Gasteiger partial charge on any atom is -0.365 e. The Morgan fingerprint density at radius 2 is 1.95 bits per heavy atom. The molecule has 8 heteroatoms. The van der Waals surface area contributed by atoms with Crippen molar-refractivity contribution >= 4 is 11.7 Å². The molecule has 1 aromatic heterocycles. The van der Waals surface area contributed by atoms with Gasteiger partial charge in [-0.1, -0.05) is 0 Å². The van der Waals surface area contributed by atoms with Crippen molar-refractivity contribution in [3.63, 3.8) is 0 Å². The molecule has 106 valence electrons. The fourth-order valence-electron chi connectivity index (χ4n) is 1.28. The first kappa shape index (κ1) is 15.2. The summed E-state index contributed by atoms with van der Waals surface area (Å²) in [6.45, 7) is 3.47. The third-order valence-electron chi connectivity index (χ3n) is 2.42. The van der Waals surface area contributed by atoms with Crippen LogP contribution in [0.4, 0.5) is 19.0 Å². The number of alkyl halides is 3. The zero-order valence-electron chi connectivity index (χ0n) is 10.5. The van der Waals surface area contributed by atoms with E-state index in [2.05, 4.69) is 10.3 Å². The van der Waals surface area contributed by atoms with Gasteiger partial charge in [0.05, 0.1) is 5.56 Å². The second-order valence-electron chi connectivity index (χ2n) is 4.67. The molecule has 1 rings (SSSR count). The number of amides is 1. The van der Waals surface area contributed by atoms with E-state index in [0.29, 0.717) is 6.07 Å². The van der Waals surface area contributed by atoms with Crippen LogP contribution in [0.2, 0.25) is 0 Å². The highest BCUT2D eigenvalue weighted by Gasteiger charge is 2.34. The second-order valence-corrected chi connectivity index (χ2v) is 4.67. The molecule has 0 saturated heterocycles. The average molecular weight is 276 g/mol. The molecule has 1 aromatic rings. The van der Waals surface area contributed by atoms with E-state index in [9.17, 15) is 18.0 Å². The lowest BCUT2D eigenvalue weighted by Crippen LogP contribution is -2.40. The van der Waals surface area contributed by atoms with E-state index in [1.54, 1.807) is 13.8 Å². The van der Waals surface area contributed by atoms with Crippen LogP contribution >= 0.6 is 0 Å². The maximum Gasteiger partial charge on any atom is 0.433 e. The molecule has 5 nitrogen and oxygen atoms in total. The van der Waals surface area contributed by atoms with E-state index >= 15 is 0 Å². The van der Waals surface area contributed by atoms with Gasteiger partial charge in [0.2, 0.25) is 0 Å². The Balaban J connectivity index is 3.28. The molecular weight excluding hydrogens is 261 g/mol. The van der Waals surface area contributed by atoms with Crippen molar-refractivity contribution in [3.8, 4) is 0 Å². The van der Waals surface area contributed by atoms with Crippen LogP contribution in [0.25, 0.3) is 0 Å². The van der Waals surface area contributed by atoms with Crippen LogP contribution in [0, 0.1) is 0 Å². The van der Waals surface area contributed by atoms with Gasteiger partial charge in [0, 0.05) is 12.1 Å². The van der Waals surface area contributed by atoms with Crippen LogP contribution in [0.5, 0.6) is 0 Å². The monoisotopic (exact) mass is 276 g/mol. The van der Waals surface area contributed by atoms with Crippen molar-refractivity contribution in [3.05, 3.63) is 23.4 Å². The second kappa shape index (κ2) is 5.04. The number of nitrogens with one attached hydrogen (secondary N) is 1. The van der Waals surface area contributed by atoms with E-state index in [0.717, 1.165) is 6.07 Å². The molecule has 0 aliphatic rings. The standard InChI is InChI=1S/C11H15F3N4O/c1-10(2,5-15)18-9-6(8(16)19)3-4-7(17-9)11(12,13)14/h3-4H,5,15H2,1-2H3,(H2,16,19)(H,17,18). The van der Waals surface area contributed by atoms with Crippen molar-refractivity contribution in [2.24, 2.45) is 11.5 Å². The molecule has 5 N–H and O–H groups in total. The minimum absolute atomic E-state index is 0.116. The number of hydrogen-bond acceptors (Lipinski definition) is 4. The SMILES string of the molecule is CC(C)(CN)Nc1nc(C(F)(F)F)ccc1C(N)=O. The van der Waals surface area contributed by atoms with Crippen LogP contribution in [-0.4, -0.2) is 23.0 Å². The molecule has 0 bridgehead atoms. The summed E-state index contributed by atoms with van der Waals surface area (Å²) in [5, 5.41) is 2.69. The zero-order chi connectivity index (χ0) is 14.8. The number of primary amides is 1. The first-order chi connectivity index (χ1) is 8.57. The summed E-state index contributed by atoms with van der Waals surface area (Å²) in [6, 6.07) is 1.70. The van der Waals surface area contributed by atoms with E-state index in [1.807, 2.05) is 0 Å². The molecular formula is C11H15F3N4O. The minimum atomic E-state index is -4.60. The molecule has 0 aliphatic heterocycles. The van der Waals surface area contributed by atoms with Gasteiger partial charge in [0.1, 0.15) is 11.5 Å². The van der Waals surface area contributed by atoms with E-state index < -0.39 is 23.3 Å². The van der Waals surface area contributed by atoms with Gasteiger partial charge >= 0.3 is 6.18 Å². The summed E-state index contributed by atoms with van der Waals surface area (Å²) in [5.74, 6) is -1.09. The normalized spacial score (nSPS) is 12.3. The highest BCUT2D eigenvalue weighted by molar-refractivity contribution is 5.97. The van der Waals surface area contributed by atoms with Crippen LogP contribution in [0.1, 0.15) is 29.9 Å². The number of hydrogen-bond donors (Lipinski definition) is 3. The number of anilines is 1. The van der Waals surface area contributed by atoms with Gasteiger partial charge in [-0.2, -0.15) is 13.2 Å². The van der Waals surface area contributed by atoms with E-state index in [4.69, 9.17) is 11.5 Å². The molecule has 0 spiro atoms. The predicted molar refractivity (Wildman–Crippen MR) is 64.5 cm³/mol. The third kappa shape index (κ3) is 3.82. The van der Waals surface area contributed by atoms with E-state index in [-0.39, 0.29) is 17.9 Å². The molecule has 1 heterocycles. The number of carbonyl (C=O) groups is 1. The number of rotatable bonds is 4. The molecule has 19 heavy (non-hydrogen) atoms. The Kier molecular flexibility index (Phi) is 4.04. The summed E-state index contributed by atoms with van der Waals surface area (Å²) in [5.41, 5.74) is 8.64. The molecule has 0 radical (unpaired) electrons. The molecule has 0 atom stereocenters. The number of aromatic nitrogens is 1. The summed E-state index contributed by atoms with van der Waals surface area (Å²) in [4.78, 5) is 14.6. The molecule has 0 saturated carbocycles. The molecule has 0 aliphatic carbocycles. The fraction of sp³-hybridized carbons (Fsp3) is 0.455. The number of halogens is 3. The van der Waals surface area contributed by atoms with Gasteiger partial charge in [-0.25, -0.2) is 4.98 Å². The van der Waals surface area contributed by atoms with Crippen molar-refractivity contribution in [1.29, 1.82) is 0 Å². The van der Waals surface area contributed by atoms with Crippen molar-refractivity contribution in [2.45, 2.75) is 25.6 Å². The highest BCUT2D eigenvalue weighted by Crippen LogP contribution is 2.30. The van der Waals surface area contributed by atoms with Crippen LogP contribution in [0.15, 0.2) is 12.1 Å². The average Bonchev–Trinajstić information content (AvgIpc) is 2.27. The van der Waals surface area contributed by atoms with Crippen molar-refractivity contribution in [1.82, 2.24) is 4.98 Å². The maximum absolute atomic E-state index is 12.6. The number of carbonyl (C=O) groups excluding carboxylic acids is 1. The van der Waals surface area contributed by atoms with Gasteiger partial charge in [-0.05, 0) is 26.0 Å². The Hall–Kier alpha value is -1.83. The van der Waals surface area contributed by atoms with Gasteiger partial charge < -0.3 is 16.8 Å². The predicted octanol–water partition coefficient (Wildman–Crippen LogP) is 1.35. The quantitative estimate of drug-likeness (QED) is 0.773. The first-order valence-electron chi connectivity index (χ1n) is 5.43. The van der Waals surface area contributed by atoms with Crippen molar-refractivity contribution in [2.75, 3.05) is 11.9 Å². The topological polar surface area (TPSA) is 94.0 Å². The van der Waals surface area contributed by atoms with Crippen LogP contribution in [0.3, 0.4) is 0 Å². The van der Waals surface area contributed by atoms with Gasteiger partial charge in [-0.15, -0.1) is 0 Å². The lowest BCUT2D eigenvalue weighted by atomic mass is 10.1. The Bertz CT molecular complexity index is 485. The Morgan fingerprint density at radius 1 is 1.37 bits per heavy atom. The lowest BCUT2D eigenvalue weighted by molar-refractivity contribution is -0.141. The number of pyridine rings is 1. The van der Waals surface area contributed by atoms with Gasteiger partial charge in [0.15, 0.2) is 0 Å². The largest absolute Gasteiger partial charge is 0.433 e. The summed E-state index contributed by atoms with van der Waals surface area (Å²) < 4.78 is 37.8. The van der Waals surface area contributed by atoms with Crippen LogP contribution < -0.4 is 16.8 Å². The van der Waals surface area contributed by atoms with E-state index in [1.165, 1.54) is 0 Å². The summed E-state index contributed by atoms with van der Waals surface area (Å²) >= 11 is 0. The Morgan fingerprint density at radius 3 is 2.37 bits per heavy atom. The van der Waals surface area contributed by atoms with Crippen LogP contribution in [-0.2, 0) is 6.18 Å². The third-order valence-corrected chi connectivity index (χ3v) is 2.42.